The molecule has 2 aromatic rings. The summed E-state index contributed by atoms with van der Waals surface area (Å²) in [5.41, 5.74) is 2.50. The van der Waals surface area contributed by atoms with Crippen LogP contribution < -0.4 is 5.32 Å². The van der Waals surface area contributed by atoms with Crippen molar-refractivity contribution in [3.63, 3.8) is 0 Å². The van der Waals surface area contributed by atoms with E-state index in [1.54, 1.807) is 11.4 Å². The lowest BCUT2D eigenvalue weighted by Gasteiger charge is -2.09. The van der Waals surface area contributed by atoms with Crippen LogP contribution in [0.2, 0.25) is 0 Å². The first-order valence-electron chi connectivity index (χ1n) is 5.56. The van der Waals surface area contributed by atoms with Crippen LogP contribution in [0.5, 0.6) is 0 Å². The van der Waals surface area contributed by atoms with Gasteiger partial charge in [-0.15, -0.1) is 0 Å². The zero-order valence-corrected chi connectivity index (χ0v) is 10.2. The van der Waals surface area contributed by atoms with Crippen molar-refractivity contribution in [1.82, 2.24) is 0 Å². The summed E-state index contributed by atoms with van der Waals surface area (Å²) in [6.07, 6.45) is -3.42. The van der Waals surface area contributed by atoms with Crippen LogP contribution in [0.3, 0.4) is 0 Å². The van der Waals surface area contributed by atoms with Gasteiger partial charge in [-0.1, -0.05) is 6.07 Å². The molecule has 1 nitrogen and oxygen atoms in total. The van der Waals surface area contributed by atoms with E-state index in [4.69, 9.17) is 0 Å². The smallest absolute Gasteiger partial charge is 0.384 e. The molecule has 94 valence electrons. The van der Waals surface area contributed by atoms with Crippen LogP contribution in [0.25, 0.3) is 11.1 Å². The lowest BCUT2D eigenvalue weighted by atomic mass is 10.0. The summed E-state index contributed by atoms with van der Waals surface area (Å²) >= 11 is 1.09. The highest BCUT2D eigenvalue weighted by Gasteiger charge is 2.34. The quantitative estimate of drug-likeness (QED) is 0.809. The minimum atomic E-state index is -4.29. The Labute approximate surface area is 106 Å². The zero-order valence-electron chi connectivity index (χ0n) is 9.34. The van der Waals surface area contributed by atoms with Gasteiger partial charge in [-0.25, -0.2) is 0 Å². The van der Waals surface area contributed by atoms with E-state index in [-0.39, 0.29) is 5.56 Å². The number of hydrogen-bond acceptors (Lipinski definition) is 2. The number of nitrogens with one attached hydrogen (secondary N) is 1. The molecule has 5 heteroatoms. The van der Waals surface area contributed by atoms with Gasteiger partial charge in [-0.05, 0) is 35.1 Å². The number of fused-ring (bicyclic) bond motifs is 1. The molecule has 0 unspecified atom stereocenters. The van der Waals surface area contributed by atoms with E-state index < -0.39 is 11.7 Å². The Hall–Kier alpha value is -1.49. The van der Waals surface area contributed by atoms with E-state index in [0.717, 1.165) is 35.6 Å². The summed E-state index contributed by atoms with van der Waals surface area (Å²) < 4.78 is 38.5. The minimum absolute atomic E-state index is 0.280. The van der Waals surface area contributed by atoms with Crippen LogP contribution >= 0.6 is 11.3 Å². The largest absolute Gasteiger partial charge is 0.417 e. The molecule has 3 rings (SSSR count). The summed E-state index contributed by atoms with van der Waals surface area (Å²) in [4.78, 5) is 0. The average molecular weight is 269 g/mol. The van der Waals surface area contributed by atoms with E-state index in [9.17, 15) is 13.2 Å². The predicted octanol–water partition coefficient (Wildman–Crippen LogP) is 4.40. The second-order valence-electron chi connectivity index (χ2n) is 4.25. The van der Waals surface area contributed by atoms with Gasteiger partial charge in [0.25, 0.3) is 0 Å². The van der Waals surface area contributed by atoms with Crippen molar-refractivity contribution in [3.8, 4) is 11.1 Å². The molecule has 0 fully saturated rings. The number of alkyl halides is 3. The topological polar surface area (TPSA) is 12.0 Å². The van der Waals surface area contributed by atoms with E-state index in [0.29, 0.717) is 5.56 Å². The molecule has 2 heterocycles. The van der Waals surface area contributed by atoms with Gasteiger partial charge >= 0.3 is 6.18 Å². The van der Waals surface area contributed by atoms with Crippen LogP contribution in [0, 0.1) is 0 Å². The summed E-state index contributed by atoms with van der Waals surface area (Å²) in [6, 6.07) is 5.45. The molecule has 1 aliphatic heterocycles. The van der Waals surface area contributed by atoms with Crippen LogP contribution in [-0.2, 0) is 12.6 Å². The lowest BCUT2D eigenvalue weighted by Crippen LogP contribution is -2.04. The third-order valence-corrected chi connectivity index (χ3v) is 3.84. The summed E-state index contributed by atoms with van der Waals surface area (Å²) in [6.45, 7) is 0.856. The van der Waals surface area contributed by atoms with E-state index >= 15 is 0 Å². The van der Waals surface area contributed by atoms with E-state index in [1.165, 1.54) is 5.38 Å². The SMILES string of the molecule is FC(F)(F)c1cscc1-c1ccc2c(c1)CCN2. The summed E-state index contributed by atoms with van der Waals surface area (Å²) in [5.74, 6) is 0. The van der Waals surface area contributed by atoms with Crippen molar-refractivity contribution >= 4 is 17.0 Å². The van der Waals surface area contributed by atoms with Crippen molar-refractivity contribution in [2.75, 3.05) is 11.9 Å². The molecule has 0 aliphatic carbocycles. The molecule has 0 atom stereocenters. The van der Waals surface area contributed by atoms with E-state index in [1.807, 2.05) is 12.1 Å². The Morgan fingerprint density at radius 3 is 2.78 bits per heavy atom. The third kappa shape index (κ3) is 1.88. The second kappa shape index (κ2) is 4.02. The van der Waals surface area contributed by atoms with Crippen molar-refractivity contribution in [2.24, 2.45) is 0 Å². The molecular weight excluding hydrogens is 259 g/mol. The number of thiophene rings is 1. The molecule has 0 saturated carbocycles. The molecule has 1 aromatic carbocycles. The zero-order chi connectivity index (χ0) is 12.8. The van der Waals surface area contributed by atoms with Crippen LogP contribution in [0.15, 0.2) is 29.0 Å². The number of halogens is 3. The van der Waals surface area contributed by atoms with Gasteiger partial charge in [0.05, 0.1) is 5.56 Å². The lowest BCUT2D eigenvalue weighted by molar-refractivity contribution is -0.136. The standard InChI is InChI=1S/C13H10F3NS/c14-13(15,16)11-7-18-6-10(11)8-1-2-12-9(5-8)3-4-17-12/h1-2,5-7,17H,3-4H2. The van der Waals surface area contributed by atoms with Gasteiger partial charge in [0.2, 0.25) is 0 Å². The van der Waals surface area contributed by atoms with Gasteiger partial charge in [0.1, 0.15) is 0 Å². The van der Waals surface area contributed by atoms with E-state index in [2.05, 4.69) is 5.32 Å². The molecule has 18 heavy (non-hydrogen) atoms. The molecule has 1 N–H and O–H groups in total. The fourth-order valence-electron chi connectivity index (χ4n) is 2.21. The highest BCUT2D eigenvalue weighted by molar-refractivity contribution is 7.08. The fraction of sp³-hybridized carbons (Fsp3) is 0.231. The minimum Gasteiger partial charge on any atom is -0.384 e. The maximum atomic E-state index is 12.8. The fourth-order valence-corrected chi connectivity index (χ4v) is 3.08. The Kier molecular flexibility index (Phi) is 2.59. The Morgan fingerprint density at radius 2 is 2.00 bits per heavy atom. The molecule has 1 aliphatic rings. The van der Waals surface area contributed by atoms with Gasteiger partial charge in [0, 0.05) is 23.2 Å². The molecule has 0 bridgehead atoms. The Bertz CT molecular complexity index is 586. The van der Waals surface area contributed by atoms with Crippen LogP contribution in [0.1, 0.15) is 11.1 Å². The maximum absolute atomic E-state index is 12.8. The van der Waals surface area contributed by atoms with Gasteiger partial charge in [0.15, 0.2) is 0 Å². The molecule has 1 aromatic heterocycles. The van der Waals surface area contributed by atoms with Crippen LogP contribution in [-0.4, -0.2) is 6.54 Å². The first kappa shape index (κ1) is 11.6. The van der Waals surface area contributed by atoms with Crippen LogP contribution in [0.4, 0.5) is 18.9 Å². The number of anilines is 1. The normalized spacial score (nSPS) is 14.4. The first-order chi connectivity index (χ1) is 8.55. The number of hydrogen-bond donors (Lipinski definition) is 1. The Balaban J connectivity index is 2.08. The monoisotopic (exact) mass is 269 g/mol. The predicted molar refractivity (Wildman–Crippen MR) is 67.0 cm³/mol. The highest BCUT2D eigenvalue weighted by Crippen LogP contribution is 2.40. The Morgan fingerprint density at radius 1 is 1.17 bits per heavy atom. The number of rotatable bonds is 1. The molecule has 0 amide bonds. The van der Waals surface area contributed by atoms with Crippen molar-refractivity contribution in [2.45, 2.75) is 12.6 Å². The average Bonchev–Trinajstić information content (AvgIpc) is 2.96. The molecular formula is C13H10F3NS. The second-order valence-corrected chi connectivity index (χ2v) is 4.99. The summed E-state index contributed by atoms with van der Waals surface area (Å²) in [7, 11) is 0. The maximum Gasteiger partial charge on any atom is 0.417 e. The van der Waals surface area contributed by atoms with Crippen molar-refractivity contribution in [1.29, 1.82) is 0 Å². The van der Waals surface area contributed by atoms with Gasteiger partial charge < -0.3 is 5.32 Å². The van der Waals surface area contributed by atoms with Gasteiger partial charge in [-0.3, -0.25) is 0 Å². The highest BCUT2D eigenvalue weighted by atomic mass is 32.1. The molecule has 0 radical (unpaired) electrons. The summed E-state index contributed by atoms with van der Waals surface area (Å²) in [5, 5.41) is 5.93. The molecule has 0 spiro atoms. The van der Waals surface area contributed by atoms with Crippen molar-refractivity contribution in [3.05, 3.63) is 40.1 Å². The number of benzene rings is 1. The molecule has 0 saturated heterocycles. The van der Waals surface area contributed by atoms with Crippen molar-refractivity contribution < 1.29 is 13.2 Å². The van der Waals surface area contributed by atoms with Gasteiger partial charge in [-0.2, -0.15) is 24.5 Å². The first-order valence-corrected chi connectivity index (χ1v) is 6.50. The third-order valence-electron chi connectivity index (χ3n) is 3.09.